The molecule has 4 rings (SSSR count). The van der Waals surface area contributed by atoms with Gasteiger partial charge in [-0.1, -0.05) is 72.8 Å². The first kappa shape index (κ1) is 15.5. The Balaban J connectivity index is 1.50. The third kappa shape index (κ3) is 3.44. The number of fused-ring (bicyclic) bond motifs is 1. The van der Waals surface area contributed by atoms with Crippen LogP contribution in [0.25, 0.3) is 22.0 Å². The van der Waals surface area contributed by atoms with Crippen LogP contribution in [0.4, 0.5) is 5.13 Å². The van der Waals surface area contributed by atoms with Crippen LogP contribution in [0.5, 0.6) is 0 Å². The second-order valence-electron chi connectivity index (χ2n) is 5.77. The lowest BCUT2D eigenvalue weighted by atomic mass is 10.0. The molecule has 1 heterocycles. The minimum Gasteiger partial charge on any atom is -0.302 e. The summed E-state index contributed by atoms with van der Waals surface area (Å²) >= 11 is 1.44. The first-order valence-electron chi connectivity index (χ1n) is 8.07. The van der Waals surface area contributed by atoms with Crippen molar-refractivity contribution in [1.29, 1.82) is 0 Å². The number of hydrogen-bond donors (Lipinski definition) is 1. The Morgan fingerprint density at radius 2 is 1.68 bits per heavy atom. The Morgan fingerprint density at radius 1 is 0.920 bits per heavy atom. The Hall–Kier alpha value is -2.98. The Bertz CT molecular complexity index is 1020. The molecule has 1 aromatic heterocycles. The van der Waals surface area contributed by atoms with Gasteiger partial charge in [-0.3, -0.25) is 4.79 Å². The summed E-state index contributed by atoms with van der Waals surface area (Å²) in [6.07, 6.45) is 0.335. The van der Waals surface area contributed by atoms with Gasteiger partial charge in [0.1, 0.15) is 0 Å². The van der Waals surface area contributed by atoms with Gasteiger partial charge in [-0.2, -0.15) is 0 Å². The van der Waals surface area contributed by atoms with Crippen LogP contribution in [0, 0.1) is 0 Å². The van der Waals surface area contributed by atoms with Crippen molar-refractivity contribution in [3.05, 3.63) is 83.7 Å². The fourth-order valence-corrected chi connectivity index (χ4v) is 3.59. The standard InChI is InChI=1S/C21H16N2OS/c24-20(13-17-11-6-10-15-7-4-5-12-18(15)17)23-21-22-19(14-25-21)16-8-2-1-3-9-16/h1-12,14H,13H2,(H,22,23,24). The lowest BCUT2D eigenvalue weighted by Crippen LogP contribution is -2.14. The molecule has 4 aromatic rings. The summed E-state index contributed by atoms with van der Waals surface area (Å²) in [5.41, 5.74) is 2.95. The minimum absolute atomic E-state index is 0.0506. The van der Waals surface area contributed by atoms with E-state index in [4.69, 9.17) is 0 Å². The first-order chi connectivity index (χ1) is 12.3. The maximum absolute atomic E-state index is 12.4. The fourth-order valence-electron chi connectivity index (χ4n) is 2.86. The summed E-state index contributed by atoms with van der Waals surface area (Å²) in [5, 5.41) is 7.77. The van der Waals surface area contributed by atoms with Crippen molar-refractivity contribution in [2.75, 3.05) is 5.32 Å². The molecule has 0 aliphatic carbocycles. The van der Waals surface area contributed by atoms with Crippen LogP contribution in [0.2, 0.25) is 0 Å². The Morgan fingerprint density at radius 3 is 2.56 bits per heavy atom. The molecule has 1 amide bonds. The number of rotatable bonds is 4. The van der Waals surface area contributed by atoms with E-state index >= 15 is 0 Å². The van der Waals surface area contributed by atoms with Gasteiger partial charge in [0.15, 0.2) is 5.13 Å². The highest BCUT2D eigenvalue weighted by Gasteiger charge is 2.10. The van der Waals surface area contributed by atoms with Gasteiger partial charge in [0.05, 0.1) is 12.1 Å². The van der Waals surface area contributed by atoms with E-state index < -0.39 is 0 Å². The summed E-state index contributed by atoms with van der Waals surface area (Å²) in [6.45, 7) is 0. The van der Waals surface area contributed by atoms with Crippen LogP contribution >= 0.6 is 11.3 Å². The van der Waals surface area contributed by atoms with E-state index in [0.29, 0.717) is 11.6 Å². The number of aromatic nitrogens is 1. The van der Waals surface area contributed by atoms with Gasteiger partial charge in [0.2, 0.25) is 5.91 Å². The summed E-state index contributed by atoms with van der Waals surface area (Å²) in [5.74, 6) is -0.0506. The molecule has 3 nitrogen and oxygen atoms in total. The molecule has 1 N–H and O–H groups in total. The number of carbonyl (C=O) groups excluding carboxylic acids is 1. The molecule has 0 fully saturated rings. The van der Waals surface area contributed by atoms with E-state index in [-0.39, 0.29) is 5.91 Å². The van der Waals surface area contributed by atoms with Crippen LogP contribution in [0.3, 0.4) is 0 Å². The van der Waals surface area contributed by atoms with E-state index in [1.807, 2.05) is 60.0 Å². The van der Waals surface area contributed by atoms with E-state index in [2.05, 4.69) is 28.5 Å². The van der Waals surface area contributed by atoms with Crippen molar-refractivity contribution < 1.29 is 4.79 Å². The number of carbonyl (C=O) groups is 1. The van der Waals surface area contributed by atoms with Crippen molar-refractivity contribution in [2.24, 2.45) is 0 Å². The predicted molar refractivity (Wildman–Crippen MR) is 104 cm³/mol. The van der Waals surface area contributed by atoms with Gasteiger partial charge >= 0.3 is 0 Å². The molecule has 0 radical (unpaired) electrons. The number of amides is 1. The zero-order valence-corrected chi connectivity index (χ0v) is 14.3. The molecule has 3 aromatic carbocycles. The lowest BCUT2D eigenvalue weighted by molar-refractivity contribution is -0.115. The molecule has 0 unspecified atom stereocenters. The molecular formula is C21H16N2OS. The predicted octanol–water partition coefficient (Wildman–Crippen LogP) is 5.14. The summed E-state index contributed by atoms with van der Waals surface area (Å²) in [6, 6.07) is 24.1. The van der Waals surface area contributed by atoms with E-state index in [1.165, 1.54) is 11.3 Å². The number of thiazole rings is 1. The largest absolute Gasteiger partial charge is 0.302 e. The monoisotopic (exact) mass is 344 g/mol. The van der Waals surface area contributed by atoms with Crippen molar-refractivity contribution >= 4 is 33.1 Å². The van der Waals surface area contributed by atoms with Crippen molar-refractivity contribution in [2.45, 2.75) is 6.42 Å². The van der Waals surface area contributed by atoms with Crippen molar-refractivity contribution in [3.63, 3.8) is 0 Å². The van der Waals surface area contributed by atoms with Crippen molar-refractivity contribution in [1.82, 2.24) is 4.98 Å². The summed E-state index contributed by atoms with van der Waals surface area (Å²) in [4.78, 5) is 16.9. The van der Waals surface area contributed by atoms with Gasteiger partial charge < -0.3 is 5.32 Å². The molecule has 122 valence electrons. The third-order valence-electron chi connectivity index (χ3n) is 4.05. The van der Waals surface area contributed by atoms with Gasteiger partial charge in [-0.05, 0) is 16.3 Å². The Kier molecular flexibility index (Phi) is 4.27. The zero-order valence-electron chi connectivity index (χ0n) is 13.5. The number of anilines is 1. The van der Waals surface area contributed by atoms with Gasteiger partial charge in [-0.15, -0.1) is 11.3 Å². The average molecular weight is 344 g/mol. The second kappa shape index (κ2) is 6.87. The van der Waals surface area contributed by atoms with Gasteiger partial charge in [-0.25, -0.2) is 4.98 Å². The lowest BCUT2D eigenvalue weighted by Gasteiger charge is -2.06. The smallest absolute Gasteiger partial charge is 0.230 e. The molecule has 0 bridgehead atoms. The van der Waals surface area contributed by atoms with E-state index in [1.54, 1.807) is 0 Å². The SMILES string of the molecule is O=C(Cc1cccc2ccccc12)Nc1nc(-c2ccccc2)cs1. The zero-order chi connectivity index (χ0) is 17.1. The molecule has 0 aliphatic rings. The maximum atomic E-state index is 12.4. The quantitative estimate of drug-likeness (QED) is 0.557. The number of nitrogens with one attached hydrogen (secondary N) is 1. The topological polar surface area (TPSA) is 42.0 Å². The first-order valence-corrected chi connectivity index (χ1v) is 8.95. The number of hydrogen-bond acceptors (Lipinski definition) is 3. The average Bonchev–Trinajstić information content (AvgIpc) is 3.11. The highest BCUT2D eigenvalue weighted by molar-refractivity contribution is 7.14. The second-order valence-corrected chi connectivity index (χ2v) is 6.63. The normalized spacial score (nSPS) is 10.7. The highest BCUT2D eigenvalue weighted by Crippen LogP contribution is 2.25. The van der Waals surface area contributed by atoms with E-state index in [9.17, 15) is 4.79 Å². The molecular weight excluding hydrogens is 328 g/mol. The molecule has 0 saturated carbocycles. The highest BCUT2D eigenvalue weighted by atomic mass is 32.1. The molecule has 0 spiro atoms. The number of nitrogens with zero attached hydrogens (tertiary/aromatic N) is 1. The Labute approximate surface area is 150 Å². The fraction of sp³-hybridized carbons (Fsp3) is 0.0476. The van der Waals surface area contributed by atoms with Crippen LogP contribution in [-0.4, -0.2) is 10.9 Å². The summed E-state index contributed by atoms with van der Waals surface area (Å²) in [7, 11) is 0. The van der Waals surface area contributed by atoms with Crippen LogP contribution in [0.1, 0.15) is 5.56 Å². The molecule has 0 aliphatic heterocycles. The van der Waals surface area contributed by atoms with Crippen LogP contribution in [0.15, 0.2) is 78.2 Å². The minimum atomic E-state index is -0.0506. The van der Waals surface area contributed by atoms with E-state index in [0.717, 1.165) is 27.6 Å². The molecule has 4 heteroatoms. The molecule has 25 heavy (non-hydrogen) atoms. The van der Waals surface area contributed by atoms with Crippen LogP contribution < -0.4 is 5.32 Å². The number of benzene rings is 3. The van der Waals surface area contributed by atoms with Gasteiger partial charge in [0, 0.05) is 10.9 Å². The van der Waals surface area contributed by atoms with Crippen LogP contribution in [-0.2, 0) is 11.2 Å². The summed E-state index contributed by atoms with van der Waals surface area (Å²) < 4.78 is 0. The van der Waals surface area contributed by atoms with Gasteiger partial charge in [0.25, 0.3) is 0 Å². The van der Waals surface area contributed by atoms with Crippen molar-refractivity contribution in [3.8, 4) is 11.3 Å². The maximum Gasteiger partial charge on any atom is 0.230 e. The third-order valence-corrected chi connectivity index (χ3v) is 4.81. The molecule has 0 saturated heterocycles. The molecule has 0 atom stereocenters.